The van der Waals surface area contributed by atoms with E-state index in [2.05, 4.69) is 17.9 Å². The third-order valence-electron chi connectivity index (χ3n) is 0.899. The predicted octanol–water partition coefficient (Wildman–Crippen LogP) is 2.41. The largest absolute Gasteiger partial charge is 0.478 e. The van der Waals surface area contributed by atoms with Crippen LogP contribution in [0.3, 0.4) is 0 Å². The van der Waals surface area contributed by atoms with E-state index < -0.39 is 5.97 Å². The molecule has 0 atom stereocenters. The fourth-order valence-electron chi connectivity index (χ4n) is 0.174. The third-order valence-corrected chi connectivity index (χ3v) is 0.899. The van der Waals surface area contributed by atoms with Crippen molar-refractivity contribution in [1.29, 1.82) is 0 Å². The van der Waals surface area contributed by atoms with E-state index in [1.165, 1.54) is 14.0 Å². The van der Waals surface area contributed by atoms with Gasteiger partial charge in [-0.1, -0.05) is 27.0 Å². The van der Waals surface area contributed by atoms with E-state index in [1.54, 1.807) is 6.92 Å². The summed E-state index contributed by atoms with van der Waals surface area (Å²) in [6.07, 6.45) is 0. The summed E-state index contributed by atoms with van der Waals surface area (Å²) in [7, 11) is 1.33. The number of ether oxygens (including phenoxy) is 1. The average Bonchev–Trinajstić information content (AvgIpc) is 2.20. The van der Waals surface area contributed by atoms with Gasteiger partial charge < -0.3 is 9.84 Å². The van der Waals surface area contributed by atoms with Gasteiger partial charge in [0, 0.05) is 11.1 Å². The number of esters is 1. The fourth-order valence-corrected chi connectivity index (χ4v) is 0.174. The highest BCUT2D eigenvalue weighted by Crippen LogP contribution is 1.87. The van der Waals surface area contributed by atoms with E-state index >= 15 is 0 Å². The summed E-state index contributed by atoms with van der Waals surface area (Å²) in [5.74, 6) is -1.28. The fraction of sp³-hybridized carbons (Fsp3) is 0.455. The lowest BCUT2D eigenvalue weighted by atomic mass is 10.4. The maximum absolute atomic E-state index is 10.2. The molecule has 0 spiro atoms. The van der Waals surface area contributed by atoms with Crippen LogP contribution >= 0.6 is 0 Å². The summed E-state index contributed by atoms with van der Waals surface area (Å²) in [6, 6.07) is 0. The van der Waals surface area contributed by atoms with Crippen LogP contribution in [-0.2, 0) is 14.3 Å². The Morgan fingerprint density at radius 1 is 1.07 bits per heavy atom. The van der Waals surface area contributed by atoms with Gasteiger partial charge in [0.25, 0.3) is 0 Å². The zero-order valence-electron chi connectivity index (χ0n) is 10.1. The van der Waals surface area contributed by atoms with Crippen LogP contribution < -0.4 is 0 Å². The van der Waals surface area contributed by atoms with Gasteiger partial charge in [0.05, 0.1) is 7.11 Å². The van der Waals surface area contributed by atoms with Crippen molar-refractivity contribution in [3.63, 3.8) is 0 Å². The van der Waals surface area contributed by atoms with Gasteiger partial charge in [-0.2, -0.15) is 0 Å². The zero-order chi connectivity index (χ0) is 13.0. The quantitative estimate of drug-likeness (QED) is 0.568. The molecule has 1 N–H and O–H groups in total. The van der Waals surface area contributed by atoms with Gasteiger partial charge in [0.1, 0.15) is 0 Å². The van der Waals surface area contributed by atoms with Crippen LogP contribution in [0.15, 0.2) is 24.3 Å². The van der Waals surface area contributed by atoms with Gasteiger partial charge in [-0.15, -0.1) is 0 Å². The number of carboxylic acid groups (broad SMARTS) is 1. The lowest BCUT2D eigenvalue weighted by Gasteiger charge is -1.91. The number of aliphatic carboxylic acids is 1. The Morgan fingerprint density at radius 3 is 1.33 bits per heavy atom. The molecular formula is C11H20O4. The number of methoxy groups -OCH3 is 1. The highest BCUT2D eigenvalue weighted by molar-refractivity contribution is 5.86. The van der Waals surface area contributed by atoms with Crippen LogP contribution in [0, 0.1) is 0 Å². The number of hydrogen-bond acceptors (Lipinski definition) is 3. The maximum Gasteiger partial charge on any atom is 0.332 e. The summed E-state index contributed by atoms with van der Waals surface area (Å²) in [4.78, 5) is 19.8. The van der Waals surface area contributed by atoms with Crippen molar-refractivity contribution in [2.24, 2.45) is 0 Å². The van der Waals surface area contributed by atoms with Crippen molar-refractivity contribution in [2.75, 3.05) is 7.11 Å². The van der Waals surface area contributed by atoms with Gasteiger partial charge in [0.15, 0.2) is 0 Å². The minimum atomic E-state index is -0.935. The van der Waals surface area contributed by atoms with Crippen molar-refractivity contribution < 1.29 is 19.4 Å². The summed E-state index contributed by atoms with van der Waals surface area (Å²) in [5.41, 5.74) is 0.609. The highest BCUT2D eigenvalue weighted by Gasteiger charge is 1.95. The highest BCUT2D eigenvalue weighted by atomic mass is 16.5. The monoisotopic (exact) mass is 216 g/mol. The first-order valence-corrected chi connectivity index (χ1v) is 4.45. The molecule has 0 heterocycles. The van der Waals surface area contributed by atoms with E-state index in [0.29, 0.717) is 5.57 Å². The van der Waals surface area contributed by atoms with Gasteiger partial charge in [-0.05, 0) is 13.8 Å². The van der Waals surface area contributed by atoms with Gasteiger partial charge in [-0.3, -0.25) is 0 Å². The molecule has 4 heteroatoms. The maximum atomic E-state index is 10.2. The molecule has 0 rings (SSSR count). The Balaban J connectivity index is -0.000000166. The van der Waals surface area contributed by atoms with Crippen molar-refractivity contribution >= 4 is 11.9 Å². The molecule has 0 bridgehead atoms. The van der Waals surface area contributed by atoms with Crippen molar-refractivity contribution in [3.05, 3.63) is 24.3 Å². The normalized spacial score (nSPS) is 7.00. The molecular weight excluding hydrogens is 196 g/mol. The molecule has 0 unspecified atom stereocenters. The van der Waals surface area contributed by atoms with Crippen LogP contribution in [0.4, 0.5) is 0 Å². The second-order valence-electron chi connectivity index (χ2n) is 2.36. The van der Waals surface area contributed by atoms with Crippen LogP contribution in [0.5, 0.6) is 0 Å². The van der Waals surface area contributed by atoms with E-state index in [-0.39, 0.29) is 11.5 Å². The van der Waals surface area contributed by atoms with Crippen molar-refractivity contribution in [3.8, 4) is 0 Å². The number of carboxylic acids is 1. The van der Waals surface area contributed by atoms with Gasteiger partial charge in [-0.25, -0.2) is 9.59 Å². The number of carbonyl (C=O) groups excluding carboxylic acids is 1. The Hall–Kier alpha value is -1.58. The third kappa shape index (κ3) is 19.0. The molecule has 0 fully saturated rings. The first kappa shape index (κ1) is 19.1. The van der Waals surface area contributed by atoms with Crippen LogP contribution in [0.1, 0.15) is 27.7 Å². The van der Waals surface area contributed by atoms with E-state index in [1.807, 2.05) is 13.8 Å². The molecule has 0 aromatic rings. The first-order valence-electron chi connectivity index (χ1n) is 4.45. The summed E-state index contributed by atoms with van der Waals surface area (Å²) < 4.78 is 4.27. The molecule has 0 aromatic carbocycles. The van der Waals surface area contributed by atoms with Crippen LogP contribution in [0.2, 0.25) is 0 Å². The second-order valence-corrected chi connectivity index (χ2v) is 2.36. The molecule has 0 aliphatic rings. The average molecular weight is 216 g/mol. The Kier molecular flexibility index (Phi) is 15.8. The van der Waals surface area contributed by atoms with E-state index in [9.17, 15) is 9.59 Å². The standard InChI is InChI=1S/C5H8O2.C4H6O2.C2H6/c1-4(2)5(6)7-3;1-3(2)4(5)6;1-2/h1H2,2-3H3;1H2,2H3,(H,5,6);1-2H3. The van der Waals surface area contributed by atoms with Crippen molar-refractivity contribution in [2.45, 2.75) is 27.7 Å². The Labute approximate surface area is 91.3 Å². The molecule has 4 nitrogen and oxygen atoms in total. The number of carbonyl (C=O) groups is 2. The number of hydrogen-bond donors (Lipinski definition) is 1. The van der Waals surface area contributed by atoms with Crippen LogP contribution in [0.25, 0.3) is 0 Å². The lowest BCUT2D eigenvalue weighted by molar-refractivity contribution is -0.136. The smallest absolute Gasteiger partial charge is 0.332 e. The van der Waals surface area contributed by atoms with Crippen LogP contribution in [-0.4, -0.2) is 24.2 Å². The molecule has 0 aromatic heterocycles. The minimum Gasteiger partial charge on any atom is -0.478 e. The topological polar surface area (TPSA) is 63.6 Å². The molecule has 0 amide bonds. The second kappa shape index (κ2) is 12.4. The van der Waals surface area contributed by atoms with Gasteiger partial charge in [0.2, 0.25) is 0 Å². The summed E-state index contributed by atoms with van der Waals surface area (Å²) >= 11 is 0. The molecule has 0 saturated carbocycles. The Bertz CT molecular complexity index is 217. The summed E-state index contributed by atoms with van der Waals surface area (Å²) in [6.45, 7) is 13.6. The van der Waals surface area contributed by atoms with E-state index in [4.69, 9.17) is 5.11 Å². The predicted molar refractivity (Wildman–Crippen MR) is 60.6 cm³/mol. The lowest BCUT2D eigenvalue weighted by Crippen LogP contribution is -1.98. The molecule has 0 aliphatic carbocycles. The first-order chi connectivity index (χ1) is 6.82. The van der Waals surface area contributed by atoms with Gasteiger partial charge >= 0.3 is 11.9 Å². The zero-order valence-corrected chi connectivity index (χ0v) is 10.1. The van der Waals surface area contributed by atoms with E-state index in [0.717, 1.165) is 0 Å². The SMILES string of the molecule is C=C(C)C(=O)O.C=C(C)C(=O)OC.CC. The summed E-state index contributed by atoms with van der Waals surface area (Å²) in [5, 5.41) is 7.89. The molecule has 0 radical (unpaired) electrons. The minimum absolute atomic E-state index is 0.176. The number of rotatable bonds is 2. The molecule has 15 heavy (non-hydrogen) atoms. The molecule has 0 aliphatic heterocycles. The molecule has 88 valence electrons. The van der Waals surface area contributed by atoms with Crippen molar-refractivity contribution in [1.82, 2.24) is 0 Å². The molecule has 0 saturated heterocycles. The Morgan fingerprint density at radius 2 is 1.33 bits per heavy atom.